The second-order valence-corrected chi connectivity index (χ2v) is 7.67. The van der Waals surface area contributed by atoms with E-state index in [4.69, 9.17) is 4.98 Å². The molecule has 1 fully saturated rings. The lowest BCUT2D eigenvalue weighted by Crippen LogP contribution is -2.31. The van der Waals surface area contributed by atoms with Crippen LogP contribution in [0.2, 0.25) is 0 Å². The van der Waals surface area contributed by atoms with Crippen molar-refractivity contribution in [1.29, 1.82) is 0 Å². The molecule has 2 aromatic carbocycles. The van der Waals surface area contributed by atoms with Crippen LogP contribution in [-0.4, -0.2) is 31.9 Å². The number of rotatable bonds is 4. The molecule has 5 nitrogen and oxygen atoms in total. The van der Waals surface area contributed by atoms with Crippen LogP contribution in [0.3, 0.4) is 0 Å². The van der Waals surface area contributed by atoms with Crippen molar-refractivity contribution in [2.45, 2.75) is 31.7 Å². The molecule has 1 saturated heterocycles. The molecule has 2 aromatic heterocycles. The summed E-state index contributed by atoms with van der Waals surface area (Å²) in [4.78, 5) is 23.2. The molecule has 28 heavy (non-hydrogen) atoms. The average molecular weight is 372 g/mol. The van der Waals surface area contributed by atoms with Gasteiger partial charge < -0.3 is 14.5 Å². The number of nitrogens with one attached hydrogen (secondary N) is 1. The summed E-state index contributed by atoms with van der Waals surface area (Å²) in [7, 11) is 2.06. The summed E-state index contributed by atoms with van der Waals surface area (Å²) >= 11 is 0. The maximum atomic E-state index is 13.0. The van der Waals surface area contributed by atoms with E-state index in [1.807, 2.05) is 29.2 Å². The fraction of sp³-hybridized carbons (Fsp3) is 0.304. The van der Waals surface area contributed by atoms with Gasteiger partial charge in [0.15, 0.2) is 0 Å². The molecule has 4 aromatic rings. The van der Waals surface area contributed by atoms with E-state index in [1.54, 1.807) is 0 Å². The van der Waals surface area contributed by atoms with Crippen molar-refractivity contribution in [1.82, 2.24) is 19.4 Å². The lowest BCUT2D eigenvalue weighted by molar-refractivity contribution is -0.132. The van der Waals surface area contributed by atoms with Crippen molar-refractivity contribution in [2.24, 2.45) is 7.05 Å². The predicted molar refractivity (Wildman–Crippen MR) is 111 cm³/mol. The van der Waals surface area contributed by atoms with Crippen molar-refractivity contribution < 1.29 is 4.79 Å². The Bertz CT molecular complexity index is 1120. The number of carbonyl (C=O) groups excluding carboxylic acids is 1. The normalized spacial score (nSPS) is 17.0. The first-order chi connectivity index (χ1) is 13.7. The second-order valence-electron chi connectivity index (χ2n) is 7.67. The molecule has 1 aliphatic rings. The number of likely N-dealkylation sites (tertiary alicyclic amines) is 1. The highest BCUT2D eigenvalue weighted by Gasteiger charge is 2.31. The molecule has 5 heteroatoms. The number of benzene rings is 2. The summed E-state index contributed by atoms with van der Waals surface area (Å²) in [5.41, 5.74) is 4.46. The minimum absolute atomic E-state index is 0.0624. The van der Waals surface area contributed by atoms with Crippen LogP contribution in [0, 0.1) is 0 Å². The van der Waals surface area contributed by atoms with Crippen molar-refractivity contribution in [3.8, 4) is 0 Å². The highest BCUT2D eigenvalue weighted by Crippen LogP contribution is 2.32. The topological polar surface area (TPSA) is 53.9 Å². The minimum atomic E-state index is 0.0624. The quantitative estimate of drug-likeness (QED) is 0.579. The Morgan fingerprint density at radius 2 is 2.00 bits per heavy atom. The van der Waals surface area contributed by atoms with Gasteiger partial charge in [-0.05, 0) is 43.0 Å². The maximum absolute atomic E-state index is 13.0. The van der Waals surface area contributed by atoms with Gasteiger partial charge in [0, 0.05) is 37.1 Å². The van der Waals surface area contributed by atoms with Gasteiger partial charge in [-0.1, -0.05) is 30.3 Å². The Morgan fingerprint density at radius 1 is 1.18 bits per heavy atom. The lowest BCUT2D eigenvalue weighted by atomic mass is 10.1. The van der Waals surface area contributed by atoms with Crippen LogP contribution >= 0.6 is 0 Å². The van der Waals surface area contributed by atoms with Crippen molar-refractivity contribution in [2.75, 3.05) is 6.54 Å². The van der Waals surface area contributed by atoms with Gasteiger partial charge in [-0.25, -0.2) is 4.98 Å². The summed E-state index contributed by atoms with van der Waals surface area (Å²) in [6.07, 6.45) is 5.45. The zero-order valence-electron chi connectivity index (χ0n) is 16.1. The molecular formula is C23H24N4O. The molecule has 0 radical (unpaired) electrons. The molecule has 0 spiro atoms. The summed E-state index contributed by atoms with van der Waals surface area (Å²) in [6, 6.07) is 16.5. The third-order valence-corrected chi connectivity index (χ3v) is 5.88. The summed E-state index contributed by atoms with van der Waals surface area (Å²) in [5, 5.41) is 1.24. The Kier molecular flexibility index (Phi) is 4.15. The number of carbonyl (C=O) groups is 1. The zero-order valence-corrected chi connectivity index (χ0v) is 16.1. The molecule has 1 aliphatic heterocycles. The number of aromatic amines is 1. The summed E-state index contributed by atoms with van der Waals surface area (Å²) in [5.74, 6) is 1.13. The average Bonchev–Trinajstić information content (AvgIpc) is 3.43. The van der Waals surface area contributed by atoms with Crippen LogP contribution in [0.1, 0.15) is 36.7 Å². The van der Waals surface area contributed by atoms with E-state index in [0.717, 1.165) is 42.7 Å². The molecule has 0 bridgehead atoms. The van der Waals surface area contributed by atoms with Crippen LogP contribution in [-0.2, 0) is 18.3 Å². The smallest absolute Gasteiger partial charge is 0.223 e. The highest BCUT2D eigenvalue weighted by atomic mass is 16.2. The zero-order chi connectivity index (χ0) is 19.1. The van der Waals surface area contributed by atoms with Gasteiger partial charge in [-0.15, -0.1) is 0 Å². The number of hydrogen-bond donors (Lipinski definition) is 1. The molecule has 0 saturated carbocycles. The Balaban J connectivity index is 1.34. The monoisotopic (exact) mass is 372 g/mol. The summed E-state index contributed by atoms with van der Waals surface area (Å²) in [6.45, 7) is 0.816. The molecule has 5 rings (SSSR count). The first-order valence-corrected chi connectivity index (χ1v) is 9.98. The van der Waals surface area contributed by atoms with Crippen LogP contribution in [0.4, 0.5) is 0 Å². The Labute approximate surface area is 164 Å². The van der Waals surface area contributed by atoms with E-state index in [9.17, 15) is 4.79 Å². The molecule has 142 valence electrons. The maximum Gasteiger partial charge on any atom is 0.223 e. The van der Waals surface area contributed by atoms with Crippen LogP contribution in [0.5, 0.6) is 0 Å². The Hall–Kier alpha value is -3.08. The summed E-state index contributed by atoms with van der Waals surface area (Å²) < 4.78 is 2.14. The van der Waals surface area contributed by atoms with E-state index in [0.29, 0.717) is 6.42 Å². The molecular weight excluding hydrogens is 348 g/mol. The van der Waals surface area contributed by atoms with Crippen molar-refractivity contribution >= 4 is 27.8 Å². The van der Waals surface area contributed by atoms with E-state index in [2.05, 4.69) is 47.1 Å². The number of fused-ring (bicyclic) bond motifs is 2. The first-order valence-electron chi connectivity index (χ1n) is 9.98. The van der Waals surface area contributed by atoms with Gasteiger partial charge in [0.1, 0.15) is 5.82 Å². The third-order valence-electron chi connectivity index (χ3n) is 5.88. The van der Waals surface area contributed by atoms with Gasteiger partial charge in [0.25, 0.3) is 0 Å². The van der Waals surface area contributed by atoms with E-state index in [1.165, 1.54) is 16.5 Å². The van der Waals surface area contributed by atoms with Gasteiger partial charge >= 0.3 is 0 Å². The number of imidazole rings is 1. The van der Waals surface area contributed by atoms with E-state index < -0.39 is 0 Å². The highest BCUT2D eigenvalue weighted by molar-refractivity contribution is 5.85. The molecule has 3 heterocycles. The second kappa shape index (κ2) is 6.82. The van der Waals surface area contributed by atoms with Gasteiger partial charge in [-0.2, -0.15) is 0 Å². The van der Waals surface area contributed by atoms with Crippen LogP contribution in [0.15, 0.2) is 54.7 Å². The Morgan fingerprint density at radius 3 is 2.89 bits per heavy atom. The number of hydrogen-bond acceptors (Lipinski definition) is 2. The number of amides is 1. The SMILES string of the molecule is Cn1cc(CCC(=O)N2CCC[C@H]2c2nc3ccccc3[nH]2)c2ccccc21. The molecule has 1 N–H and O–H groups in total. The van der Waals surface area contributed by atoms with Crippen LogP contribution < -0.4 is 0 Å². The molecule has 0 aliphatic carbocycles. The number of H-pyrrole nitrogens is 1. The predicted octanol–water partition coefficient (Wildman–Crippen LogP) is 4.35. The van der Waals surface area contributed by atoms with E-state index in [-0.39, 0.29) is 11.9 Å². The number of para-hydroxylation sites is 3. The fourth-order valence-electron chi connectivity index (χ4n) is 4.49. The van der Waals surface area contributed by atoms with Gasteiger partial charge in [-0.3, -0.25) is 4.79 Å². The van der Waals surface area contributed by atoms with Gasteiger partial charge in [0.2, 0.25) is 5.91 Å². The standard InChI is InChI=1S/C23H24N4O/c1-26-15-16(17-7-2-5-10-20(17)26)12-13-22(28)27-14-6-11-21(27)23-24-18-8-3-4-9-19(18)25-23/h2-5,7-10,15,21H,6,11-14H2,1H3,(H,24,25)/t21-/m0/s1. The lowest BCUT2D eigenvalue weighted by Gasteiger charge is -2.23. The largest absolute Gasteiger partial charge is 0.350 e. The third kappa shape index (κ3) is 2.87. The molecule has 1 amide bonds. The molecule has 1 atom stereocenters. The van der Waals surface area contributed by atoms with Gasteiger partial charge in [0.05, 0.1) is 17.1 Å². The number of aromatic nitrogens is 3. The van der Waals surface area contributed by atoms with Crippen LogP contribution in [0.25, 0.3) is 21.9 Å². The number of nitrogens with zero attached hydrogens (tertiary/aromatic N) is 3. The van der Waals surface area contributed by atoms with E-state index >= 15 is 0 Å². The minimum Gasteiger partial charge on any atom is -0.350 e. The van der Waals surface area contributed by atoms with Crippen molar-refractivity contribution in [3.05, 3.63) is 66.1 Å². The van der Waals surface area contributed by atoms with Crippen molar-refractivity contribution in [3.63, 3.8) is 0 Å². The first kappa shape index (κ1) is 17.0. The molecule has 0 unspecified atom stereocenters. The number of aryl methyl sites for hydroxylation is 2. The fourth-order valence-corrected chi connectivity index (χ4v) is 4.49.